The summed E-state index contributed by atoms with van der Waals surface area (Å²) in [7, 11) is 0. The molecule has 0 spiro atoms. The van der Waals surface area contributed by atoms with Gasteiger partial charge in [0.1, 0.15) is 0 Å². The summed E-state index contributed by atoms with van der Waals surface area (Å²) in [6.07, 6.45) is 2.94. The molecule has 1 aliphatic carbocycles. The van der Waals surface area contributed by atoms with Crippen LogP contribution in [0.5, 0.6) is 5.75 Å². The third-order valence-electron chi connectivity index (χ3n) is 3.31. The summed E-state index contributed by atoms with van der Waals surface area (Å²) in [4.78, 5) is 21.7. The largest absolute Gasteiger partial charge is 0.502 e. The molecule has 0 aliphatic heterocycles. The van der Waals surface area contributed by atoms with Crippen LogP contribution in [0.1, 0.15) is 36.5 Å². The van der Waals surface area contributed by atoms with Crippen molar-refractivity contribution >= 4 is 11.6 Å². The Morgan fingerprint density at radius 3 is 2.61 bits per heavy atom. The van der Waals surface area contributed by atoms with E-state index in [0.29, 0.717) is 0 Å². The molecule has 0 heterocycles. The highest BCUT2D eigenvalue weighted by Crippen LogP contribution is 2.32. The van der Waals surface area contributed by atoms with Crippen molar-refractivity contribution in [2.24, 2.45) is 0 Å². The van der Waals surface area contributed by atoms with E-state index in [4.69, 9.17) is 0 Å². The Hall–Kier alpha value is -2.11. The molecule has 6 heteroatoms. The molecule has 1 amide bonds. The second-order valence-corrected chi connectivity index (χ2v) is 4.83. The van der Waals surface area contributed by atoms with Crippen molar-refractivity contribution in [2.75, 3.05) is 0 Å². The minimum Gasteiger partial charge on any atom is -0.502 e. The van der Waals surface area contributed by atoms with Crippen molar-refractivity contribution < 1.29 is 14.8 Å². The Morgan fingerprint density at radius 1 is 1.50 bits per heavy atom. The molecule has 1 saturated carbocycles. The lowest BCUT2D eigenvalue weighted by Gasteiger charge is -2.39. The Bertz CT molecular complexity index is 509. The average molecular weight is 250 g/mol. The van der Waals surface area contributed by atoms with E-state index >= 15 is 0 Å². The van der Waals surface area contributed by atoms with E-state index in [1.54, 1.807) is 0 Å². The maximum Gasteiger partial charge on any atom is 0.310 e. The SMILES string of the molecule is CC1(NC(=O)c2ccc([N+](=O)[O-])c(O)c2)CCC1. The molecule has 6 nitrogen and oxygen atoms in total. The lowest BCUT2D eigenvalue weighted by Crippen LogP contribution is -2.50. The Kier molecular flexibility index (Phi) is 2.94. The molecule has 18 heavy (non-hydrogen) atoms. The van der Waals surface area contributed by atoms with Gasteiger partial charge in [0.05, 0.1) is 4.92 Å². The van der Waals surface area contributed by atoms with Gasteiger partial charge in [0.2, 0.25) is 0 Å². The van der Waals surface area contributed by atoms with Gasteiger partial charge < -0.3 is 10.4 Å². The van der Waals surface area contributed by atoms with Crippen LogP contribution < -0.4 is 5.32 Å². The average Bonchev–Trinajstić information content (AvgIpc) is 2.26. The molecule has 1 aromatic carbocycles. The second-order valence-electron chi connectivity index (χ2n) is 4.83. The number of rotatable bonds is 3. The molecule has 0 atom stereocenters. The number of nitrogens with zero attached hydrogens (tertiary/aromatic N) is 1. The molecule has 0 saturated heterocycles. The monoisotopic (exact) mass is 250 g/mol. The number of carbonyl (C=O) groups excluding carboxylic acids is 1. The molecule has 2 rings (SSSR count). The van der Waals surface area contributed by atoms with Crippen LogP contribution in [-0.2, 0) is 0 Å². The fourth-order valence-electron chi connectivity index (χ4n) is 2.00. The van der Waals surface area contributed by atoms with Gasteiger partial charge in [0.25, 0.3) is 5.91 Å². The van der Waals surface area contributed by atoms with E-state index in [0.717, 1.165) is 31.4 Å². The third-order valence-corrected chi connectivity index (χ3v) is 3.31. The first-order chi connectivity index (χ1) is 8.41. The van der Waals surface area contributed by atoms with Gasteiger partial charge in [0.15, 0.2) is 5.75 Å². The number of nitro groups is 1. The summed E-state index contributed by atoms with van der Waals surface area (Å²) in [6.45, 7) is 1.96. The summed E-state index contributed by atoms with van der Waals surface area (Å²) < 4.78 is 0. The van der Waals surface area contributed by atoms with Gasteiger partial charge in [-0.05, 0) is 38.3 Å². The van der Waals surface area contributed by atoms with Crippen LogP contribution >= 0.6 is 0 Å². The number of phenols is 1. The molecule has 0 unspecified atom stereocenters. The number of aromatic hydroxyl groups is 1. The minimum absolute atomic E-state index is 0.186. The van der Waals surface area contributed by atoms with Crippen molar-refractivity contribution in [1.29, 1.82) is 0 Å². The van der Waals surface area contributed by atoms with Gasteiger partial charge in [-0.25, -0.2) is 0 Å². The van der Waals surface area contributed by atoms with Gasteiger partial charge >= 0.3 is 5.69 Å². The quantitative estimate of drug-likeness (QED) is 0.633. The standard InChI is InChI=1S/C12H14N2O4/c1-12(5-2-6-12)13-11(16)8-3-4-9(14(17)18)10(15)7-8/h3-4,7,15H,2,5-6H2,1H3,(H,13,16). The van der Waals surface area contributed by atoms with E-state index in [1.165, 1.54) is 6.07 Å². The van der Waals surface area contributed by atoms with Gasteiger partial charge in [-0.1, -0.05) is 0 Å². The zero-order valence-corrected chi connectivity index (χ0v) is 9.97. The van der Waals surface area contributed by atoms with Crippen molar-refractivity contribution in [3.8, 4) is 5.75 Å². The van der Waals surface area contributed by atoms with E-state index in [1.807, 2.05) is 6.92 Å². The fraction of sp³-hybridized carbons (Fsp3) is 0.417. The molecule has 1 aromatic rings. The highest BCUT2D eigenvalue weighted by Gasteiger charge is 2.33. The number of hydrogen-bond donors (Lipinski definition) is 2. The van der Waals surface area contributed by atoms with Crippen LogP contribution in [0.3, 0.4) is 0 Å². The van der Waals surface area contributed by atoms with Crippen molar-refractivity contribution in [3.63, 3.8) is 0 Å². The molecule has 1 fully saturated rings. The Balaban J connectivity index is 2.16. The van der Waals surface area contributed by atoms with E-state index in [9.17, 15) is 20.0 Å². The topological polar surface area (TPSA) is 92.5 Å². The number of benzene rings is 1. The van der Waals surface area contributed by atoms with Crippen LogP contribution in [0.2, 0.25) is 0 Å². The molecule has 0 aromatic heterocycles. The van der Waals surface area contributed by atoms with Crippen molar-refractivity contribution in [3.05, 3.63) is 33.9 Å². The molecule has 2 N–H and O–H groups in total. The molecular formula is C12H14N2O4. The number of nitro benzene ring substituents is 1. The van der Waals surface area contributed by atoms with Crippen LogP contribution in [0, 0.1) is 10.1 Å². The first-order valence-corrected chi connectivity index (χ1v) is 5.71. The normalized spacial score (nSPS) is 16.7. The number of phenolic OH excluding ortho intramolecular Hbond substituents is 1. The summed E-state index contributed by atoms with van der Waals surface area (Å²) in [6, 6.07) is 3.60. The van der Waals surface area contributed by atoms with Crippen LogP contribution in [0.4, 0.5) is 5.69 Å². The number of amides is 1. The van der Waals surface area contributed by atoms with Gasteiger partial charge in [-0.15, -0.1) is 0 Å². The molecule has 1 aliphatic rings. The van der Waals surface area contributed by atoms with Gasteiger partial charge in [-0.3, -0.25) is 14.9 Å². The molecule has 96 valence electrons. The van der Waals surface area contributed by atoms with Crippen molar-refractivity contribution in [2.45, 2.75) is 31.7 Å². The molecular weight excluding hydrogens is 236 g/mol. The Labute approximate surface area is 104 Å². The number of carbonyl (C=O) groups is 1. The highest BCUT2D eigenvalue weighted by atomic mass is 16.6. The predicted molar refractivity (Wildman–Crippen MR) is 64.5 cm³/mol. The number of hydrogen-bond acceptors (Lipinski definition) is 4. The van der Waals surface area contributed by atoms with Crippen LogP contribution in [0.25, 0.3) is 0 Å². The maximum absolute atomic E-state index is 11.9. The predicted octanol–water partition coefficient (Wildman–Crippen LogP) is 1.97. The van der Waals surface area contributed by atoms with Crippen LogP contribution in [-0.4, -0.2) is 21.5 Å². The van der Waals surface area contributed by atoms with Crippen molar-refractivity contribution in [1.82, 2.24) is 5.32 Å². The van der Waals surface area contributed by atoms with Gasteiger partial charge in [-0.2, -0.15) is 0 Å². The zero-order valence-electron chi connectivity index (χ0n) is 9.97. The van der Waals surface area contributed by atoms with E-state index < -0.39 is 16.4 Å². The summed E-state index contributed by atoms with van der Waals surface area (Å²) in [5.74, 6) is -0.811. The summed E-state index contributed by atoms with van der Waals surface area (Å²) in [5.41, 5.74) is -0.360. The summed E-state index contributed by atoms with van der Waals surface area (Å²) >= 11 is 0. The Morgan fingerprint density at radius 2 is 2.17 bits per heavy atom. The first-order valence-electron chi connectivity index (χ1n) is 5.71. The maximum atomic E-state index is 11.9. The number of nitrogens with one attached hydrogen (secondary N) is 1. The highest BCUT2D eigenvalue weighted by molar-refractivity contribution is 5.95. The van der Waals surface area contributed by atoms with E-state index in [2.05, 4.69) is 5.32 Å². The van der Waals surface area contributed by atoms with E-state index in [-0.39, 0.29) is 17.0 Å². The molecule has 0 bridgehead atoms. The molecule has 0 radical (unpaired) electrons. The fourth-order valence-corrected chi connectivity index (χ4v) is 2.00. The second kappa shape index (κ2) is 4.29. The van der Waals surface area contributed by atoms with Crippen LogP contribution in [0.15, 0.2) is 18.2 Å². The smallest absolute Gasteiger partial charge is 0.310 e. The lowest BCUT2D eigenvalue weighted by atomic mass is 9.78. The summed E-state index contributed by atoms with van der Waals surface area (Å²) in [5, 5.41) is 22.9. The third kappa shape index (κ3) is 2.27. The zero-order chi connectivity index (χ0) is 13.3. The minimum atomic E-state index is -0.690. The lowest BCUT2D eigenvalue weighted by molar-refractivity contribution is -0.385. The first kappa shape index (κ1) is 12.3. The van der Waals surface area contributed by atoms with Gasteiger partial charge in [0, 0.05) is 17.2 Å².